The van der Waals surface area contributed by atoms with Gasteiger partial charge in [-0.1, -0.05) is 0 Å². The lowest BCUT2D eigenvalue weighted by Crippen LogP contribution is -2.32. The molecule has 3 N–H and O–H groups in total. The number of nitrogens with two attached hydrogens (primary N) is 1. The Kier molecular flexibility index (Phi) is 3.51. The Balaban J connectivity index is 2.97. The number of carbonyl (C=O) groups is 1. The molecule has 0 bridgehead atoms. The summed E-state index contributed by atoms with van der Waals surface area (Å²) in [5, 5.41) is 19.0. The highest BCUT2D eigenvalue weighted by Gasteiger charge is 2.15. The highest BCUT2D eigenvalue weighted by atomic mass is 19.1. The number of hydrogen-bond donors (Lipinski definition) is 2. The molecule has 0 aromatic heterocycles. The summed E-state index contributed by atoms with van der Waals surface area (Å²) in [5.41, 5.74) is 4.99. The minimum Gasteiger partial charge on any atom is -0.480 e. The van der Waals surface area contributed by atoms with Gasteiger partial charge in [0.15, 0.2) is 0 Å². The molecule has 0 radical (unpaired) electrons. The minimum absolute atomic E-state index is 0.159. The van der Waals surface area contributed by atoms with E-state index in [2.05, 4.69) is 0 Å². The largest absolute Gasteiger partial charge is 0.480 e. The highest BCUT2D eigenvalue weighted by Crippen LogP contribution is 2.17. The Labute approximate surface area is 89.6 Å². The van der Waals surface area contributed by atoms with Crippen LogP contribution in [-0.2, 0) is 11.2 Å². The molecule has 0 spiro atoms. The van der Waals surface area contributed by atoms with Crippen LogP contribution < -0.4 is 5.73 Å². The molecular formula is C9H9FN2O4. The molecule has 0 aliphatic heterocycles. The minimum atomic E-state index is -1.24. The van der Waals surface area contributed by atoms with Gasteiger partial charge in [0.25, 0.3) is 5.69 Å². The van der Waals surface area contributed by atoms with Gasteiger partial charge >= 0.3 is 5.97 Å². The molecule has 0 heterocycles. The van der Waals surface area contributed by atoms with Crippen molar-refractivity contribution in [2.24, 2.45) is 5.73 Å². The van der Waals surface area contributed by atoms with Crippen LogP contribution in [-0.4, -0.2) is 22.0 Å². The summed E-state index contributed by atoms with van der Waals surface area (Å²) >= 11 is 0. The Morgan fingerprint density at radius 2 is 2.19 bits per heavy atom. The summed E-state index contributed by atoms with van der Waals surface area (Å²) in [7, 11) is 0. The molecule has 86 valence electrons. The quantitative estimate of drug-likeness (QED) is 0.582. The van der Waals surface area contributed by atoms with Crippen molar-refractivity contribution < 1.29 is 19.2 Å². The van der Waals surface area contributed by atoms with Crippen LogP contribution in [0.5, 0.6) is 0 Å². The van der Waals surface area contributed by atoms with Crippen LogP contribution in [0.4, 0.5) is 10.1 Å². The molecule has 1 aromatic carbocycles. The number of rotatable bonds is 4. The summed E-state index contributed by atoms with van der Waals surface area (Å²) in [6, 6.07) is 1.68. The maximum absolute atomic E-state index is 12.9. The fraction of sp³-hybridized carbons (Fsp3) is 0.222. The van der Waals surface area contributed by atoms with Gasteiger partial charge in [0.1, 0.15) is 11.9 Å². The second-order valence-corrected chi connectivity index (χ2v) is 3.22. The molecule has 1 aromatic rings. The third-order valence-electron chi connectivity index (χ3n) is 1.93. The van der Waals surface area contributed by atoms with E-state index in [1.165, 1.54) is 0 Å². The molecule has 6 nitrogen and oxygen atoms in total. The predicted octanol–water partition coefficient (Wildman–Crippen LogP) is 0.688. The lowest BCUT2D eigenvalue weighted by molar-refractivity contribution is -0.385. The average Bonchev–Trinajstić information content (AvgIpc) is 2.16. The smallest absolute Gasteiger partial charge is 0.320 e. The van der Waals surface area contributed by atoms with Crippen LogP contribution in [0.25, 0.3) is 0 Å². The van der Waals surface area contributed by atoms with Crippen molar-refractivity contribution in [3.05, 3.63) is 39.7 Å². The number of carboxylic acid groups (broad SMARTS) is 1. The fourth-order valence-electron chi connectivity index (χ4n) is 1.20. The number of carboxylic acids is 1. The van der Waals surface area contributed by atoms with E-state index in [9.17, 15) is 19.3 Å². The number of non-ortho nitro benzene ring substituents is 1. The Morgan fingerprint density at radius 1 is 1.56 bits per heavy atom. The van der Waals surface area contributed by atoms with Gasteiger partial charge in [0.05, 0.1) is 11.0 Å². The van der Waals surface area contributed by atoms with Crippen molar-refractivity contribution in [3.63, 3.8) is 0 Å². The molecule has 1 rings (SSSR count). The summed E-state index contributed by atoms with van der Waals surface area (Å²) in [6.45, 7) is 0. The van der Waals surface area contributed by atoms with Gasteiger partial charge in [-0.3, -0.25) is 14.9 Å². The first-order valence-corrected chi connectivity index (χ1v) is 4.32. The van der Waals surface area contributed by atoms with Crippen molar-refractivity contribution in [2.75, 3.05) is 0 Å². The van der Waals surface area contributed by atoms with E-state index < -0.39 is 28.4 Å². The third-order valence-corrected chi connectivity index (χ3v) is 1.93. The van der Waals surface area contributed by atoms with E-state index in [0.717, 1.165) is 18.2 Å². The van der Waals surface area contributed by atoms with Crippen molar-refractivity contribution >= 4 is 11.7 Å². The predicted molar refractivity (Wildman–Crippen MR) is 52.4 cm³/mol. The fourth-order valence-corrected chi connectivity index (χ4v) is 1.20. The molecule has 0 amide bonds. The summed E-state index contributed by atoms with van der Waals surface area (Å²) < 4.78 is 12.9. The first kappa shape index (κ1) is 12.1. The zero-order valence-corrected chi connectivity index (χ0v) is 8.09. The van der Waals surface area contributed by atoms with Crippen LogP contribution in [0, 0.1) is 15.9 Å². The van der Waals surface area contributed by atoms with Crippen LogP contribution in [0.3, 0.4) is 0 Å². The highest BCUT2D eigenvalue weighted by molar-refractivity contribution is 5.73. The van der Waals surface area contributed by atoms with Crippen molar-refractivity contribution in [2.45, 2.75) is 12.5 Å². The van der Waals surface area contributed by atoms with Crippen LogP contribution in [0.1, 0.15) is 5.56 Å². The normalized spacial score (nSPS) is 12.1. The molecule has 16 heavy (non-hydrogen) atoms. The molecular weight excluding hydrogens is 219 g/mol. The zero-order chi connectivity index (χ0) is 12.3. The first-order chi connectivity index (χ1) is 7.40. The second kappa shape index (κ2) is 4.67. The Hall–Kier alpha value is -2.02. The summed E-state index contributed by atoms with van der Waals surface area (Å²) in [4.78, 5) is 20.1. The maximum Gasteiger partial charge on any atom is 0.320 e. The van der Waals surface area contributed by atoms with E-state index in [1.807, 2.05) is 0 Å². The standard InChI is InChI=1S/C9H9FN2O4/c10-6-1-5(3-8(11)9(13)14)2-7(4-6)12(15)16/h1-2,4,8H,3,11H2,(H,13,14)/t8-/m0/s1. The number of halogens is 1. The van der Waals surface area contributed by atoms with Crippen LogP contribution >= 0.6 is 0 Å². The number of hydrogen-bond acceptors (Lipinski definition) is 4. The van der Waals surface area contributed by atoms with Crippen molar-refractivity contribution in [1.29, 1.82) is 0 Å². The third kappa shape index (κ3) is 2.99. The van der Waals surface area contributed by atoms with Gasteiger partial charge in [-0.05, 0) is 18.1 Å². The number of aliphatic carboxylic acids is 1. The number of benzene rings is 1. The second-order valence-electron chi connectivity index (χ2n) is 3.22. The van der Waals surface area contributed by atoms with E-state index >= 15 is 0 Å². The van der Waals surface area contributed by atoms with Gasteiger partial charge in [-0.15, -0.1) is 0 Å². The van der Waals surface area contributed by atoms with E-state index in [4.69, 9.17) is 10.8 Å². The average molecular weight is 228 g/mol. The van der Waals surface area contributed by atoms with Crippen LogP contribution in [0.2, 0.25) is 0 Å². The maximum atomic E-state index is 12.9. The molecule has 0 fully saturated rings. The summed E-state index contributed by atoms with van der Waals surface area (Å²) in [6.07, 6.45) is -0.159. The lowest BCUT2D eigenvalue weighted by Gasteiger charge is -2.06. The molecule has 0 aliphatic carbocycles. The van der Waals surface area contributed by atoms with E-state index in [-0.39, 0.29) is 12.0 Å². The first-order valence-electron chi connectivity index (χ1n) is 4.32. The molecule has 0 saturated heterocycles. The van der Waals surface area contributed by atoms with Gasteiger partial charge in [0, 0.05) is 6.07 Å². The summed E-state index contributed by atoms with van der Waals surface area (Å²) in [5.74, 6) is -2.03. The molecule has 7 heteroatoms. The molecule has 0 aliphatic rings. The zero-order valence-electron chi connectivity index (χ0n) is 8.09. The SMILES string of the molecule is N[C@@H](Cc1cc(F)cc([N+](=O)[O-])c1)C(=O)O. The Morgan fingerprint density at radius 3 is 2.69 bits per heavy atom. The van der Waals surface area contributed by atoms with Crippen molar-refractivity contribution in [3.8, 4) is 0 Å². The van der Waals surface area contributed by atoms with Crippen LogP contribution in [0.15, 0.2) is 18.2 Å². The van der Waals surface area contributed by atoms with Gasteiger partial charge in [-0.25, -0.2) is 4.39 Å². The van der Waals surface area contributed by atoms with Gasteiger partial charge in [0.2, 0.25) is 0 Å². The topological polar surface area (TPSA) is 106 Å². The van der Waals surface area contributed by atoms with Gasteiger partial charge < -0.3 is 10.8 Å². The number of nitrogens with zero attached hydrogens (tertiary/aromatic N) is 1. The number of nitro groups is 1. The number of nitro benzene ring substituents is 1. The molecule has 0 saturated carbocycles. The molecule has 0 unspecified atom stereocenters. The Bertz CT molecular complexity index is 436. The van der Waals surface area contributed by atoms with E-state index in [0.29, 0.717) is 0 Å². The van der Waals surface area contributed by atoms with Gasteiger partial charge in [-0.2, -0.15) is 0 Å². The monoisotopic (exact) mass is 228 g/mol. The lowest BCUT2D eigenvalue weighted by atomic mass is 10.1. The van der Waals surface area contributed by atoms with E-state index in [1.54, 1.807) is 0 Å². The van der Waals surface area contributed by atoms with Crippen molar-refractivity contribution in [1.82, 2.24) is 0 Å². The molecule has 1 atom stereocenters.